The second-order valence-corrected chi connectivity index (χ2v) is 5.19. The van der Waals surface area contributed by atoms with Gasteiger partial charge in [0.2, 0.25) is 0 Å². The minimum atomic E-state index is -0.852. The zero-order valence-electron chi connectivity index (χ0n) is 17.6. The molecule has 0 aliphatic heterocycles. The third kappa shape index (κ3) is 296. The Morgan fingerprint density at radius 1 is 0.520 bits per heavy atom. The van der Waals surface area contributed by atoms with E-state index in [4.69, 9.17) is 0 Å². The van der Waals surface area contributed by atoms with Crippen molar-refractivity contribution in [2.75, 3.05) is 13.2 Å². The molecular weight excluding hydrogens is 409 g/mol. The first-order valence-corrected chi connectivity index (χ1v) is 8.26. The van der Waals surface area contributed by atoms with Crippen molar-refractivity contribution in [3.05, 3.63) is 0 Å². The Bertz CT molecular complexity index is 146. The third-order valence-corrected chi connectivity index (χ3v) is 0.803. The molecule has 0 aromatic carbocycles. The van der Waals surface area contributed by atoms with Crippen LogP contribution in [-0.2, 0) is 31.9 Å². The molecule has 0 saturated carbocycles. The van der Waals surface area contributed by atoms with E-state index in [1.54, 1.807) is 55.4 Å². The van der Waals surface area contributed by atoms with Crippen LogP contribution in [0.3, 0.4) is 0 Å². The number of hydrogen-bond acceptors (Lipinski definition) is 7. The van der Waals surface area contributed by atoms with Gasteiger partial charge in [0.05, 0.1) is 0 Å². The monoisotopic (exact) mass is 448 g/mol. The van der Waals surface area contributed by atoms with E-state index in [1.165, 1.54) is 13.8 Å². The van der Waals surface area contributed by atoms with Crippen molar-refractivity contribution in [3.8, 4) is 0 Å². The van der Waals surface area contributed by atoms with Gasteiger partial charge in [0.25, 0.3) is 0 Å². The van der Waals surface area contributed by atoms with Gasteiger partial charge in [-0.2, -0.15) is 0 Å². The fraction of sp³-hybridized carbons (Fsp3) is 1.00. The molecule has 0 amide bonds. The standard InChI is InChI=1S/2C4H9O2.3C3H7O.Nb/c2*1-3-6-4(2)5;3*1-3(2)4;/h2*4H,3H2,1-2H3;3*3H,1-2H3;/q5*-1;+5. The van der Waals surface area contributed by atoms with Gasteiger partial charge in [0, 0.05) is 13.2 Å². The normalized spacial score (nSPS) is 11.3. The predicted octanol–water partition coefficient (Wildman–Crippen LogP) is -1.28. The molecule has 0 aromatic rings. The van der Waals surface area contributed by atoms with Crippen molar-refractivity contribution >= 4 is 0 Å². The molecule has 7 nitrogen and oxygen atoms in total. The van der Waals surface area contributed by atoms with Crippen LogP contribution < -0.4 is 25.5 Å². The topological polar surface area (TPSA) is 134 Å². The first-order valence-electron chi connectivity index (χ1n) is 8.26. The molecule has 2 atom stereocenters. The van der Waals surface area contributed by atoms with Crippen molar-refractivity contribution < 1.29 is 57.4 Å². The Labute approximate surface area is 170 Å². The van der Waals surface area contributed by atoms with Gasteiger partial charge in [-0.1, -0.05) is 55.4 Å². The molecule has 0 aromatic heterocycles. The van der Waals surface area contributed by atoms with Crippen LogP contribution >= 0.6 is 0 Å². The van der Waals surface area contributed by atoms with Crippen LogP contribution in [0.1, 0.15) is 69.2 Å². The van der Waals surface area contributed by atoms with Gasteiger partial charge in [-0.25, -0.2) is 0 Å². The molecule has 0 radical (unpaired) electrons. The molecule has 8 heteroatoms. The zero-order valence-corrected chi connectivity index (χ0v) is 19.8. The quantitative estimate of drug-likeness (QED) is 0.386. The van der Waals surface area contributed by atoms with Crippen LogP contribution in [0.2, 0.25) is 0 Å². The predicted molar refractivity (Wildman–Crippen MR) is 87.6 cm³/mol. The van der Waals surface area contributed by atoms with Gasteiger partial charge < -0.3 is 35.0 Å². The summed E-state index contributed by atoms with van der Waals surface area (Å²) in [7, 11) is 0. The van der Waals surface area contributed by atoms with E-state index < -0.39 is 30.9 Å². The molecule has 0 heterocycles. The maximum Gasteiger partial charge on any atom is 5.00 e. The van der Waals surface area contributed by atoms with Crippen LogP contribution in [0.25, 0.3) is 0 Å². The summed E-state index contributed by atoms with van der Waals surface area (Å²) >= 11 is 0. The van der Waals surface area contributed by atoms with Crippen molar-refractivity contribution in [2.24, 2.45) is 0 Å². The number of ether oxygens (including phenoxy) is 2. The zero-order chi connectivity index (χ0) is 20.7. The van der Waals surface area contributed by atoms with Crippen LogP contribution in [0.15, 0.2) is 0 Å². The van der Waals surface area contributed by atoms with Crippen LogP contribution in [0.5, 0.6) is 0 Å². The van der Waals surface area contributed by atoms with E-state index in [-0.39, 0.29) is 22.4 Å². The SMILES string of the molecule is CC(C)[O-].CC(C)[O-].CC(C)[O-].CCOC(C)[O-].CCOC(C)[O-].[Nb+5]. The van der Waals surface area contributed by atoms with E-state index in [9.17, 15) is 25.5 Å². The Morgan fingerprint density at radius 3 is 0.640 bits per heavy atom. The number of rotatable bonds is 4. The molecule has 0 aliphatic rings. The second-order valence-electron chi connectivity index (χ2n) is 5.19. The summed E-state index contributed by atoms with van der Waals surface area (Å²) in [6.07, 6.45) is -2.95. The Kier molecular flexibility index (Phi) is 57.2. The molecule has 25 heavy (non-hydrogen) atoms. The molecule has 0 fully saturated rings. The minimum Gasteiger partial charge on any atom is -0.852 e. The van der Waals surface area contributed by atoms with Gasteiger partial charge in [0.1, 0.15) is 0 Å². The second kappa shape index (κ2) is 35.5. The molecule has 2 unspecified atom stereocenters. The minimum absolute atomic E-state index is 0. The summed E-state index contributed by atoms with van der Waals surface area (Å²) in [5, 5.41) is 48.4. The van der Waals surface area contributed by atoms with Gasteiger partial charge in [-0.05, 0) is 26.4 Å². The summed E-state index contributed by atoms with van der Waals surface area (Å²) in [6, 6.07) is 0. The molecule has 0 saturated heterocycles. The molecule has 0 rings (SSSR count). The third-order valence-electron chi connectivity index (χ3n) is 0.803. The van der Waals surface area contributed by atoms with Crippen LogP contribution in [-0.4, -0.2) is 44.1 Å². The molecular formula is C17H39NbO7. The molecule has 0 bridgehead atoms. The van der Waals surface area contributed by atoms with Crippen molar-refractivity contribution in [1.82, 2.24) is 0 Å². The van der Waals surface area contributed by atoms with Gasteiger partial charge in [-0.15, -0.1) is 18.3 Å². The van der Waals surface area contributed by atoms with Crippen molar-refractivity contribution in [2.45, 2.75) is 100 Å². The van der Waals surface area contributed by atoms with Crippen LogP contribution in [0, 0.1) is 0 Å². The first kappa shape index (κ1) is 40.2. The first-order chi connectivity index (χ1) is 10.7. The van der Waals surface area contributed by atoms with E-state index in [0.717, 1.165) is 0 Å². The number of hydrogen-bond donors (Lipinski definition) is 0. The summed E-state index contributed by atoms with van der Waals surface area (Å²) < 4.78 is 8.97. The van der Waals surface area contributed by atoms with E-state index in [1.807, 2.05) is 0 Å². The van der Waals surface area contributed by atoms with Gasteiger partial charge >= 0.3 is 22.4 Å². The average Bonchev–Trinajstić information content (AvgIpc) is 2.26. The van der Waals surface area contributed by atoms with Crippen molar-refractivity contribution in [3.63, 3.8) is 0 Å². The summed E-state index contributed by atoms with van der Waals surface area (Å²) in [5.41, 5.74) is 0. The van der Waals surface area contributed by atoms with Crippen molar-refractivity contribution in [1.29, 1.82) is 0 Å². The summed E-state index contributed by atoms with van der Waals surface area (Å²) in [5.74, 6) is 0. The maximum absolute atomic E-state index is 9.90. The largest absolute Gasteiger partial charge is 5.00 e. The summed E-state index contributed by atoms with van der Waals surface area (Å²) in [6.45, 7) is 17.3. The Hall–Kier alpha value is 0.460. The average molecular weight is 448 g/mol. The maximum atomic E-state index is 9.90. The van der Waals surface area contributed by atoms with E-state index in [2.05, 4.69) is 9.47 Å². The molecule has 0 aliphatic carbocycles. The fourth-order valence-corrected chi connectivity index (χ4v) is 0.469. The fourth-order valence-electron chi connectivity index (χ4n) is 0.469. The van der Waals surface area contributed by atoms with Gasteiger partial charge in [0.15, 0.2) is 0 Å². The van der Waals surface area contributed by atoms with E-state index in [0.29, 0.717) is 13.2 Å². The van der Waals surface area contributed by atoms with E-state index >= 15 is 0 Å². The Morgan fingerprint density at radius 2 is 0.640 bits per heavy atom. The smallest absolute Gasteiger partial charge is 0.852 e. The molecule has 154 valence electrons. The Balaban J connectivity index is -0.0000000454. The van der Waals surface area contributed by atoms with Gasteiger partial charge in [-0.3, -0.25) is 0 Å². The van der Waals surface area contributed by atoms with Crippen LogP contribution in [0.4, 0.5) is 0 Å². The molecule has 0 N–H and O–H groups in total. The summed E-state index contributed by atoms with van der Waals surface area (Å²) in [4.78, 5) is 0. The molecule has 0 spiro atoms.